The number of morpholine rings is 1. The number of carbonyl (C=O) groups is 2. The van der Waals surface area contributed by atoms with Crippen LogP contribution in [0.5, 0.6) is 0 Å². The number of hydrogen-bond acceptors (Lipinski definition) is 4. The molecule has 6 nitrogen and oxygen atoms in total. The third kappa shape index (κ3) is 3.98. The van der Waals surface area contributed by atoms with Crippen LogP contribution < -0.4 is 5.73 Å². The fourth-order valence-corrected chi connectivity index (χ4v) is 3.13. The molecule has 2 amide bonds. The van der Waals surface area contributed by atoms with Crippen LogP contribution in [-0.4, -0.2) is 67.0 Å². The molecule has 2 aliphatic rings. The molecule has 0 saturated carbocycles. The Morgan fingerprint density at radius 3 is 2.55 bits per heavy atom. The molecule has 2 heterocycles. The van der Waals surface area contributed by atoms with Gasteiger partial charge in [0.1, 0.15) is 0 Å². The number of hydrogen-bond donors (Lipinski definition) is 1. The topological polar surface area (TPSA) is 75.9 Å². The van der Waals surface area contributed by atoms with Crippen molar-refractivity contribution in [1.82, 2.24) is 9.80 Å². The maximum absolute atomic E-state index is 12.6. The van der Waals surface area contributed by atoms with Crippen LogP contribution in [0.1, 0.15) is 33.1 Å². The van der Waals surface area contributed by atoms with Crippen molar-refractivity contribution in [3.63, 3.8) is 0 Å². The maximum Gasteiger partial charge on any atom is 0.239 e. The first-order chi connectivity index (χ1) is 10.5. The lowest BCUT2D eigenvalue weighted by molar-refractivity contribution is -0.144. The predicted octanol–water partition coefficient (Wildman–Crippen LogP) is 0.457. The average Bonchev–Trinajstić information content (AvgIpc) is 2.59. The summed E-state index contributed by atoms with van der Waals surface area (Å²) in [7, 11) is 0. The largest absolute Gasteiger partial charge is 0.378 e. The minimum atomic E-state index is -0.456. The van der Waals surface area contributed by atoms with Crippen molar-refractivity contribution in [3.8, 4) is 0 Å². The zero-order chi connectivity index (χ0) is 16.1. The van der Waals surface area contributed by atoms with Crippen LogP contribution in [-0.2, 0) is 14.3 Å². The second kappa shape index (κ2) is 7.92. The Morgan fingerprint density at radius 2 is 1.91 bits per heavy atom. The fraction of sp³-hybridized carbons (Fsp3) is 0.875. The molecule has 0 radical (unpaired) electrons. The third-order valence-corrected chi connectivity index (χ3v) is 4.95. The molecule has 0 aromatic rings. The van der Waals surface area contributed by atoms with Crippen LogP contribution >= 0.6 is 0 Å². The molecule has 3 unspecified atom stereocenters. The number of carbonyl (C=O) groups excluding carboxylic acids is 2. The minimum absolute atomic E-state index is 0.00572. The SMILES string of the molecule is CCC(C)C(N)C(=O)N1CCCC(C(=O)N2CCOCC2)C1. The standard InChI is InChI=1S/C16H29N3O3/c1-3-12(2)14(17)16(21)19-6-4-5-13(11-19)15(20)18-7-9-22-10-8-18/h12-14H,3-11,17H2,1-2H3. The monoisotopic (exact) mass is 311 g/mol. The van der Waals surface area contributed by atoms with Gasteiger partial charge in [0.25, 0.3) is 0 Å². The molecule has 2 rings (SSSR count). The van der Waals surface area contributed by atoms with Crippen molar-refractivity contribution in [2.24, 2.45) is 17.6 Å². The van der Waals surface area contributed by atoms with Gasteiger partial charge in [0, 0.05) is 26.2 Å². The highest BCUT2D eigenvalue weighted by Gasteiger charge is 2.34. The molecule has 0 aromatic carbocycles. The number of ether oxygens (including phenoxy) is 1. The summed E-state index contributed by atoms with van der Waals surface area (Å²) in [4.78, 5) is 28.7. The molecule has 2 N–H and O–H groups in total. The van der Waals surface area contributed by atoms with Crippen molar-refractivity contribution in [2.75, 3.05) is 39.4 Å². The molecular formula is C16H29N3O3. The summed E-state index contributed by atoms with van der Waals surface area (Å²) < 4.78 is 5.29. The molecule has 2 fully saturated rings. The highest BCUT2D eigenvalue weighted by Crippen LogP contribution is 2.21. The summed E-state index contributed by atoms with van der Waals surface area (Å²) in [6, 6.07) is -0.456. The Balaban J connectivity index is 1.93. The second-order valence-corrected chi connectivity index (χ2v) is 6.47. The molecule has 22 heavy (non-hydrogen) atoms. The zero-order valence-corrected chi connectivity index (χ0v) is 13.8. The van der Waals surface area contributed by atoms with Crippen LogP contribution in [0.3, 0.4) is 0 Å². The maximum atomic E-state index is 12.6. The summed E-state index contributed by atoms with van der Waals surface area (Å²) in [5, 5.41) is 0. The van der Waals surface area contributed by atoms with Gasteiger partial charge in [-0.05, 0) is 18.8 Å². The van der Waals surface area contributed by atoms with E-state index in [0.29, 0.717) is 32.8 Å². The first kappa shape index (κ1) is 17.2. The van der Waals surface area contributed by atoms with E-state index in [0.717, 1.165) is 25.8 Å². The van der Waals surface area contributed by atoms with E-state index in [1.54, 1.807) is 4.90 Å². The Kier molecular flexibility index (Phi) is 6.20. The molecule has 2 aliphatic heterocycles. The van der Waals surface area contributed by atoms with Crippen LogP contribution in [0.15, 0.2) is 0 Å². The summed E-state index contributed by atoms with van der Waals surface area (Å²) in [5.74, 6) is 0.245. The van der Waals surface area contributed by atoms with E-state index in [4.69, 9.17) is 10.5 Å². The minimum Gasteiger partial charge on any atom is -0.378 e. The number of nitrogens with zero attached hydrogens (tertiary/aromatic N) is 2. The Labute approximate surface area is 132 Å². The Bertz CT molecular complexity index is 376. The molecule has 0 spiro atoms. The molecular weight excluding hydrogens is 282 g/mol. The first-order valence-electron chi connectivity index (χ1n) is 8.45. The second-order valence-electron chi connectivity index (χ2n) is 6.47. The van der Waals surface area contributed by atoms with E-state index in [1.807, 2.05) is 18.7 Å². The van der Waals surface area contributed by atoms with Crippen molar-refractivity contribution in [1.29, 1.82) is 0 Å². The van der Waals surface area contributed by atoms with Gasteiger partial charge >= 0.3 is 0 Å². The van der Waals surface area contributed by atoms with Gasteiger partial charge in [-0.2, -0.15) is 0 Å². The van der Waals surface area contributed by atoms with Crippen LogP contribution in [0.25, 0.3) is 0 Å². The van der Waals surface area contributed by atoms with E-state index >= 15 is 0 Å². The molecule has 6 heteroatoms. The van der Waals surface area contributed by atoms with Gasteiger partial charge in [0.15, 0.2) is 0 Å². The lowest BCUT2D eigenvalue weighted by atomic mass is 9.93. The third-order valence-electron chi connectivity index (χ3n) is 4.95. The van der Waals surface area contributed by atoms with Gasteiger partial charge in [-0.3, -0.25) is 9.59 Å². The molecule has 0 bridgehead atoms. The van der Waals surface area contributed by atoms with Gasteiger partial charge in [0.05, 0.1) is 25.2 Å². The van der Waals surface area contributed by atoms with Crippen molar-refractivity contribution in [2.45, 2.75) is 39.2 Å². The predicted molar refractivity (Wildman–Crippen MR) is 84.1 cm³/mol. The molecule has 0 aromatic heterocycles. The van der Waals surface area contributed by atoms with E-state index < -0.39 is 6.04 Å². The molecule has 0 aliphatic carbocycles. The number of amides is 2. The van der Waals surface area contributed by atoms with Gasteiger partial charge in [-0.1, -0.05) is 20.3 Å². The van der Waals surface area contributed by atoms with E-state index in [2.05, 4.69) is 0 Å². The zero-order valence-electron chi connectivity index (χ0n) is 13.8. The Morgan fingerprint density at radius 1 is 1.23 bits per heavy atom. The van der Waals surface area contributed by atoms with E-state index in [1.165, 1.54) is 0 Å². The van der Waals surface area contributed by atoms with Gasteiger partial charge < -0.3 is 20.3 Å². The number of piperidine rings is 1. The van der Waals surface area contributed by atoms with Gasteiger partial charge in [0.2, 0.25) is 11.8 Å². The summed E-state index contributed by atoms with van der Waals surface area (Å²) >= 11 is 0. The molecule has 2 saturated heterocycles. The number of likely N-dealkylation sites (tertiary alicyclic amines) is 1. The highest BCUT2D eigenvalue weighted by molar-refractivity contribution is 5.84. The van der Waals surface area contributed by atoms with Gasteiger partial charge in [-0.25, -0.2) is 0 Å². The van der Waals surface area contributed by atoms with Crippen LogP contribution in [0, 0.1) is 11.8 Å². The number of rotatable bonds is 4. The fourth-order valence-electron chi connectivity index (χ4n) is 3.13. The first-order valence-corrected chi connectivity index (χ1v) is 8.45. The van der Waals surface area contributed by atoms with Crippen molar-refractivity contribution in [3.05, 3.63) is 0 Å². The average molecular weight is 311 g/mol. The Hall–Kier alpha value is -1.14. The lowest BCUT2D eigenvalue weighted by Gasteiger charge is -2.37. The summed E-state index contributed by atoms with van der Waals surface area (Å²) in [6.07, 6.45) is 2.62. The molecule has 126 valence electrons. The quantitative estimate of drug-likeness (QED) is 0.818. The van der Waals surface area contributed by atoms with Crippen molar-refractivity contribution >= 4 is 11.8 Å². The van der Waals surface area contributed by atoms with Crippen LogP contribution in [0.2, 0.25) is 0 Å². The normalized spacial score (nSPS) is 25.7. The van der Waals surface area contributed by atoms with E-state index in [-0.39, 0.29) is 23.7 Å². The molecule has 3 atom stereocenters. The van der Waals surface area contributed by atoms with Gasteiger partial charge in [-0.15, -0.1) is 0 Å². The van der Waals surface area contributed by atoms with Crippen LogP contribution in [0.4, 0.5) is 0 Å². The smallest absolute Gasteiger partial charge is 0.239 e. The summed E-state index contributed by atoms with van der Waals surface area (Å²) in [6.45, 7) is 7.82. The van der Waals surface area contributed by atoms with E-state index in [9.17, 15) is 9.59 Å². The lowest BCUT2D eigenvalue weighted by Crippen LogP contribution is -2.53. The van der Waals surface area contributed by atoms with Crippen molar-refractivity contribution < 1.29 is 14.3 Å². The summed E-state index contributed by atoms with van der Waals surface area (Å²) in [5.41, 5.74) is 6.06. The highest BCUT2D eigenvalue weighted by atomic mass is 16.5. The number of nitrogens with two attached hydrogens (primary N) is 1.